The Morgan fingerprint density at radius 1 is 1.17 bits per heavy atom. The van der Waals surface area contributed by atoms with Crippen LogP contribution in [0.25, 0.3) is 0 Å². The summed E-state index contributed by atoms with van der Waals surface area (Å²) in [5.74, 6) is 1.64. The van der Waals surface area contributed by atoms with Gasteiger partial charge in [-0.25, -0.2) is 23.1 Å². The molecule has 9 nitrogen and oxygen atoms in total. The van der Waals surface area contributed by atoms with Gasteiger partial charge in [0.1, 0.15) is 21.5 Å². The van der Waals surface area contributed by atoms with Crippen LogP contribution in [0.3, 0.4) is 0 Å². The number of anilines is 3. The second kappa shape index (κ2) is 11.9. The van der Waals surface area contributed by atoms with E-state index in [0.717, 1.165) is 36.5 Å². The van der Waals surface area contributed by atoms with E-state index in [1.54, 1.807) is 18.2 Å². The van der Waals surface area contributed by atoms with Gasteiger partial charge in [0, 0.05) is 36.8 Å². The van der Waals surface area contributed by atoms with Crippen LogP contribution in [0.2, 0.25) is 5.02 Å². The second-order valence-corrected chi connectivity index (χ2v) is 10.5. The van der Waals surface area contributed by atoms with Crippen molar-refractivity contribution in [2.75, 3.05) is 50.2 Å². The van der Waals surface area contributed by atoms with Gasteiger partial charge in [0.05, 0.1) is 31.7 Å². The number of nitrogens with one attached hydrogen (secondary N) is 2. The minimum Gasteiger partial charge on any atom is -0.493 e. The first-order chi connectivity index (χ1) is 17.4. The highest BCUT2D eigenvalue weighted by molar-refractivity contribution is 7.89. The van der Waals surface area contributed by atoms with Crippen LogP contribution in [-0.2, 0) is 21.2 Å². The van der Waals surface area contributed by atoms with E-state index >= 15 is 0 Å². The van der Waals surface area contributed by atoms with Crippen molar-refractivity contribution in [2.24, 2.45) is 0 Å². The summed E-state index contributed by atoms with van der Waals surface area (Å²) in [6.07, 6.45) is 2.82. The molecule has 36 heavy (non-hydrogen) atoms. The third-order valence-electron chi connectivity index (χ3n) is 5.73. The number of halogens is 1. The zero-order valence-corrected chi connectivity index (χ0v) is 21.9. The van der Waals surface area contributed by atoms with Crippen LogP contribution in [0.4, 0.5) is 17.2 Å². The third kappa shape index (κ3) is 6.25. The van der Waals surface area contributed by atoms with Crippen molar-refractivity contribution in [3.8, 4) is 5.75 Å². The number of ether oxygens (including phenoxy) is 2. The minimum atomic E-state index is -3.68. The molecule has 11 heteroatoms. The minimum absolute atomic E-state index is 0.0951. The summed E-state index contributed by atoms with van der Waals surface area (Å²) in [7, 11) is -2.31. The number of hydrogen-bond donors (Lipinski definition) is 2. The lowest BCUT2D eigenvalue weighted by molar-refractivity contribution is 0.122. The monoisotopic (exact) mass is 531 g/mol. The fourth-order valence-electron chi connectivity index (χ4n) is 3.84. The van der Waals surface area contributed by atoms with Crippen LogP contribution in [0.1, 0.15) is 24.7 Å². The fourth-order valence-corrected chi connectivity index (χ4v) is 4.87. The Kier molecular flexibility index (Phi) is 8.63. The molecule has 2 N–H and O–H groups in total. The first-order valence-corrected chi connectivity index (χ1v) is 13.7. The van der Waals surface area contributed by atoms with Gasteiger partial charge in [-0.05, 0) is 31.7 Å². The summed E-state index contributed by atoms with van der Waals surface area (Å²) in [6.45, 7) is 5.77. The SMILES string of the molecule is CCCOc1cc(N2CCOCC2)ccc1Cc1ncc(Cl)c(Nc2ccccc2S(=O)(=O)NC)n1. The van der Waals surface area contributed by atoms with E-state index in [4.69, 9.17) is 21.1 Å². The summed E-state index contributed by atoms with van der Waals surface area (Å²) in [6, 6.07) is 12.7. The average molecular weight is 532 g/mol. The van der Waals surface area contributed by atoms with Gasteiger partial charge in [-0.2, -0.15) is 0 Å². The summed E-state index contributed by atoms with van der Waals surface area (Å²) in [5.41, 5.74) is 2.40. The summed E-state index contributed by atoms with van der Waals surface area (Å²) < 4.78 is 38.7. The van der Waals surface area contributed by atoms with Crippen molar-refractivity contribution >= 4 is 38.8 Å². The fraction of sp³-hybridized carbons (Fsp3) is 0.360. The van der Waals surface area contributed by atoms with Crippen LogP contribution in [0, 0.1) is 0 Å². The molecule has 1 aromatic heterocycles. The normalized spacial score (nSPS) is 14.0. The Morgan fingerprint density at radius 3 is 2.69 bits per heavy atom. The van der Waals surface area contributed by atoms with Gasteiger partial charge in [-0.3, -0.25) is 0 Å². The van der Waals surface area contributed by atoms with Crippen LogP contribution in [0.5, 0.6) is 5.75 Å². The molecule has 0 bridgehead atoms. The van der Waals surface area contributed by atoms with Gasteiger partial charge in [0.15, 0.2) is 5.82 Å². The number of hydrogen-bond acceptors (Lipinski definition) is 8. The molecule has 2 heterocycles. The van der Waals surface area contributed by atoms with Gasteiger partial charge in [-0.1, -0.05) is 36.7 Å². The van der Waals surface area contributed by atoms with E-state index < -0.39 is 10.0 Å². The molecule has 0 radical (unpaired) electrons. The molecule has 1 saturated heterocycles. The molecule has 1 fully saturated rings. The van der Waals surface area contributed by atoms with Crippen LogP contribution < -0.4 is 19.7 Å². The molecule has 0 unspecified atom stereocenters. The highest BCUT2D eigenvalue weighted by Crippen LogP contribution is 2.30. The first kappa shape index (κ1) is 26.2. The maximum Gasteiger partial charge on any atom is 0.242 e. The van der Waals surface area contributed by atoms with Gasteiger partial charge in [0.2, 0.25) is 10.0 Å². The number of aromatic nitrogens is 2. The van der Waals surface area contributed by atoms with Gasteiger partial charge in [0.25, 0.3) is 0 Å². The number of nitrogens with zero attached hydrogens (tertiary/aromatic N) is 3. The molecule has 1 aliphatic rings. The number of sulfonamides is 1. The first-order valence-electron chi connectivity index (χ1n) is 11.8. The van der Waals surface area contributed by atoms with Crippen molar-refractivity contribution in [1.29, 1.82) is 0 Å². The summed E-state index contributed by atoms with van der Waals surface area (Å²) in [5, 5.41) is 3.33. The Hall–Kier alpha value is -2.92. The molecule has 1 aliphatic heterocycles. The predicted octanol–water partition coefficient (Wildman–Crippen LogP) is 4.00. The van der Waals surface area contributed by atoms with Crippen LogP contribution >= 0.6 is 11.6 Å². The lowest BCUT2D eigenvalue weighted by Crippen LogP contribution is -2.36. The van der Waals surface area contributed by atoms with Crippen LogP contribution in [0.15, 0.2) is 53.6 Å². The molecule has 3 aromatic rings. The van der Waals surface area contributed by atoms with E-state index in [0.29, 0.717) is 43.6 Å². The zero-order chi connectivity index (χ0) is 25.5. The van der Waals surface area contributed by atoms with Crippen molar-refractivity contribution in [3.05, 3.63) is 65.1 Å². The average Bonchev–Trinajstić information content (AvgIpc) is 2.90. The van der Waals surface area contributed by atoms with E-state index in [2.05, 4.69) is 44.0 Å². The largest absolute Gasteiger partial charge is 0.493 e. The van der Waals surface area contributed by atoms with Gasteiger partial charge < -0.3 is 19.7 Å². The van der Waals surface area contributed by atoms with Crippen molar-refractivity contribution in [3.63, 3.8) is 0 Å². The van der Waals surface area contributed by atoms with Gasteiger partial charge >= 0.3 is 0 Å². The smallest absolute Gasteiger partial charge is 0.242 e. The molecule has 0 atom stereocenters. The molecule has 4 rings (SSSR count). The van der Waals surface area contributed by atoms with Crippen LogP contribution in [-0.4, -0.2) is 58.3 Å². The maximum absolute atomic E-state index is 12.4. The molecule has 0 amide bonds. The Labute approximate surface area is 216 Å². The van der Waals surface area contributed by atoms with E-state index in [1.807, 2.05) is 6.07 Å². The van der Waals surface area contributed by atoms with E-state index in [9.17, 15) is 8.42 Å². The highest BCUT2D eigenvalue weighted by Gasteiger charge is 2.19. The molecule has 0 aliphatic carbocycles. The lowest BCUT2D eigenvalue weighted by Gasteiger charge is -2.29. The molecule has 0 saturated carbocycles. The quantitative estimate of drug-likeness (QED) is 0.404. The highest BCUT2D eigenvalue weighted by atomic mass is 35.5. The molecular weight excluding hydrogens is 502 g/mol. The summed E-state index contributed by atoms with van der Waals surface area (Å²) >= 11 is 6.36. The summed E-state index contributed by atoms with van der Waals surface area (Å²) in [4.78, 5) is 11.4. The number of rotatable bonds is 10. The lowest BCUT2D eigenvalue weighted by atomic mass is 10.1. The Bertz CT molecular complexity index is 1300. The van der Waals surface area contributed by atoms with Crippen molar-refractivity contribution in [2.45, 2.75) is 24.7 Å². The molecule has 2 aromatic carbocycles. The standard InChI is InChI=1S/C25H30ClN5O4S/c1-3-12-35-22-16-19(31-10-13-34-14-11-31)9-8-18(22)15-24-28-17-20(26)25(30-24)29-21-6-4-5-7-23(21)36(32,33)27-2/h4-9,16-17,27H,3,10-15H2,1-2H3,(H,28,29,30). The number of morpholine rings is 1. The maximum atomic E-state index is 12.4. The Balaban J connectivity index is 1.61. The van der Waals surface area contributed by atoms with Crippen molar-refractivity contribution < 1.29 is 17.9 Å². The third-order valence-corrected chi connectivity index (χ3v) is 7.48. The molecule has 192 valence electrons. The number of benzene rings is 2. The zero-order valence-electron chi connectivity index (χ0n) is 20.3. The topological polar surface area (TPSA) is 106 Å². The van der Waals surface area contributed by atoms with Gasteiger partial charge in [-0.15, -0.1) is 0 Å². The van der Waals surface area contributed by atoms with Crippen molar-refractivity contribution in [1.82, 2.24) is 14.7 Å². The predicted molar refractivity (Wildman–Crippen MR) is 141 cm³/mol. The number of para-hydroxylation sites is 1. The molecule has 0 spiro atoms. The van der Waals surface area contributed by atoms with E-state index in [-0.39, 0.29) is 9.92 Å². The Morgan fingerprint density at radius 2 is 1.94 bits per heavy atom. The molecular formula is C25H30ClN5O4S. The van der Waals surface area contributed by atoms with E-state index in [1.165, 1.54) is 19.3 Å². The second-order valence-electron chi connectivity index (χ2n) is 8.23.